The molecule has 0 saturated heterocycles. The first-order valence-electron chi connectivity index (χ1n) is 8.91. The van der Waals surface area contributed by atoms with Crippen LogP contribution in [-0.4, -0.2) is 22.6 Å². The molecular weight excluding hydrogens is 478 g/mol. The maximum absolute atomic E-state index is 13.0. The lowest BCUT2D eigenvalue weighted by Crippen LogP contribution is -2.23. The number of carbonyl (C=O) groups excluding carboxylic acids is 1. The van der Waals surface area contributed by atoms with Crippen molar-refractivity contribution in [1.82, 2.24) is 9.88 Å². The van der Waals surface area contributed by atoms with Crippen molar-refractivity contribution < 1.29 is 14.3 Å². The van der Waals surface area contributed by atoms with E-state index in [-0.39, 0.29) is 12.7 Å². The third-order valence-corrected chi connectivity index (χ3v) is 6.69. The summed E-state index contributed by atoms with van der Waals surface area (Å²) in [5.41, 5.74) is 3.59. The Kier molecular flexibility index (Phi) is 4.85. The SMILES string of the molecule is O=C1c2cc(NCc3cnc(Cl)s3)cc(Br)c2CN1Cc1ccc2c(c1)OCO2. The lowest BCUT2D eigenvalue weighted by atomic mass is 10.1. The molecule has 2 aromatic carbocycles. The van der Waals surface area contributed by atoms with Gasteiger partial charge in [0.2, 0.25) is 6.79 Å². The predicted octanol–water partition coefficient (Wildman–Crippen LogP) is 5.06. The van der Waals surface area contributed by atoms with E-state index in [2.05, 4.69) is 26.2 Å². The van der Waals surface area contributed by atoms with Crippen molar-refractivity contribution in [1.29, 1.82) is 0 Å². The number of fused-ring (bicyclic) bond motifs is 2. The number of nitrogens with zero attached hydrogens (tertiary/aromatic N) is 2. The van der Waals surface area contributed by atoms with Crippen molar-refractivity contribution in [3.63, 3.8) is 0 Å². The highest BCUT2D eigenvalue weighted by molar-refractivity contribution is 9.10. The van der Waals surface area contributed by atoms with E-state index >= 15 is 0 Å². The summed E-state index contributed by atoms with van der Waals surface area (Å²) in [6.07, 6.45) is 1.75. The quantitative estimate of drug-likeness (QED) is 0.540. The normalized spacial score (nSPS) is 14.4. The zero-order valence-electron chi connectivity index (χ0n) is 15.1. The lowest BCUT2D eigenvalue weighted by molar-refractivity contribution is 0.0766. The lowest BCUT2D eigenvalue weighted by Gasteiger charge is -2.16. The molecule has 3 heterocycles. The van der Waals surface area contributed by atoms with Gasteiger partial charge in [-0.2, -0.15) is 0 Å². The number of thiazole rings is 1. The summed E-state index contributed by atoms with van der Waals surface area (Å²) in [6.45, 7) is 1.92. The summed E-state index contributed by atoms with van der Waals surface area (Å²) in [5, 5.41) is 3.34. The van der Waals surface area contributed by atoms with Crippen LogP contribution in [0.2, 0.25) is 4.47 Å². The first kappa shape index (κ1) is 18.7. The second-order valence-electron chi connectivity index (χ2n) is 6.77. The van der Waals surface area contributed by atoms with Crippen LogP contribution in [0, 0.1) is 0 Å². The summed E-state index contributed by atoms with van der Waals surface area (Å²) >= 11 is 10.9. The van der Waals surface area contributed by atoms with E-state index < -0.39 is 0 Å². The van der Waals surface area contributed by atoms with Gasteiger partial charge in [0, 0.05) is 39.9 Å². The maximum atomic E-state index is 13.0. The molecule has 1 N–H and O–H groups in total. The summed E-state index contributed by atoms with van der Waals surface area (Å²) in [5.74, 6) is 1.48. The number of rotatable bonds is 5. The molecule has 1 aromatic heterocycles. The second kappa shape index (κ2) is 7.51. The van der Waals surface area contributed by atoms with E-state index in [1.807, 2.05) is 35.2 Å². The summed E-state index contributed by atoms with van der Waals surface area (Å²) in [4.78, 5) is 19.9. The van der Waals surface area contributed by atoms with Crippen LogP contribution in [0.1, 0.15) is 26.4 Å². The summed E-state index contributed by atoms with van der Waals surface area (Å²) in [6, 6.07) is 9.69. The zero-order valence-corrected chi connectivity index (χ0v) is 18.2. The van der Waals surface area contributed by atoms with Gasteiger partial charge in [0.1, 0.15) is 0 Å². The van der Waals surface area contributed by atoms with Gasteiger partial charge in [0.15, 0.2) is 16.0 Å². The van der Waals surface area contributed by atoms with E-state index in [9.17, 15) is 4.79 Å². The molecule has 6 nitrogen and oxygen atoms in total. The van der Waals surface area contributed by atoms with E-state index in [4.69, 9.17) is 21.1 Å². The number of benzene rings is 2. The fourth-order valence-corrected chi connectivity index (χ4v) is 4.97. The van der Waals surface area contributed by atoms with Crippen molar-refractivity contribution in [3.05, 3.63) is 67.0 Å². The first-order valence-corrected chi connectivity index (χ1v) is 10.9. The van der Waals surface area contributed by atoms with Crippen LogP contribution in [0.5, 0.6) is 11.5 Å². The Bertz CT molecular complexity index is 1120. The Morgan fingerprint density at radius 1 is 1.24 bits per heavy atom. The summed E-state index contributed by atoms with van der Waals surface area (Å²) < 4.78 is 12.2. The Morgan fingerprint density at radius 2 is 2.10 bits per heavy atom. The van der Waals surface area contributed by atoms with Crippen LogP contribution in [-0.2, 0) is 19.6 Å². The van der Waals surface area contributed by atoms with Crippen molar-refractivity contribution >= 4 is 50.5 Å². The fourth-order valence-electron chi connectivity index (χ4n) is 3.47. The smallest absolute Gasteiger partial charge is 0.254 e. The van der Waals surface area contributed by atoms with Gasteiger partial charge in [-0.25, -0.2) is 4.98 Å². The van der Waals surface area contributed by atoms with Gasteiger partial charge in [-0.1, -0.05) is 33.6 Å². The molecule has 5 rings (SSSR count). The number of anilines is 1. The second-order valence-corrected chi connectivity index (χ2v) is 9.32. The van der Waals surface area contributed by atoms with Crippen LogP contribution >= 0.6 is 38.9 Å². The number of ether oxygens (including phenoxy) is 2. The van der Waals surface area contributed by atoms with E-state index in [1.165, 1.54) is 11.3 Å². The molecule has 0 saturated carbocycles. The Balaban J connectivity index is 1.32. The Morgan fingerprint density at radius 3 is 2.93 bits per heavy atom. The number of aromatic nitrogens is 1. The number of hydrogen-bond donors (Lipinski definition) is 1. The largest absolute Gasteiger partial charge is 0.454 e. The molecule has 0 atom stereocenters. The molecule has 2 aliphatic heterocycles. The molecule has 2 aliphatic rings. The molecule has 0 radical (unpaired) electrons. The van der Waals surface area contributed by atoms with Gasteiger partial charge in [0.05, 0.1) is 6.54 Å². The van der Waals surface area contributed by atoms with Crippen LogP contribution in [0.25, 0.3) is 0 Å². The van der Waals surface area contributed by atoms with Crippen molar-refractivity contribution in [2.75, 3.05) is 12.1 Å². The molecule has 0 spiro atoms. The maximum Gasteiger partial charge on any atom is 0.254 e. The minimum atomic E-state index is 0.0165. The minimum Gasteiger partial charge on any atom is -0.454 e. The molecule has 3 aromatic rings. The van der Waals surface area contributed by atoms with E-state index in [0.29, 0.717) is 29.7 Å². The van der Waals surface area contributed by atoms with Crippen LogP contribution in [0.4, 0.5) is 5.69 Å². The third kappa shape index (κ3) is 3.68. The average molecular weight is 493 g/mol. The topological polar surface area (TPSA) is 63.7 Å². The minimum absolute atomic E-state index is 0.0165. The third-order valence-electron chi connectivity index (χ3n) is 4.86. The number of nitrogens with one attached hydrogen (secondary N) is 1. The monoisotopic (exact) mass is 491 g/mol. The van der Waals surface area contributed by atoms with Gasteiger partial charge < -0.3 is 19.7 Å². The Labute approximate surface area is 184 Å². The van der Waals surface area contributed by atoms with Crippen molar-refractivity contribution in [2.45, 2.75) is 19.6 Å². The van der Waals surface area contributed by atoms with Gasteiger partial charge in [-0.15, -0.1) is 11.3 Å². The number of amides is 1. The highest BCUT2D eigenvalue weighted by Crippen LogP contribution is 2.36. The van der Waals surface area contributed by atoms with Crippen LogP contribution < -0.4 is 14.8 Å². The Hall–Kier alpha value is -2.29. The summed E-state index contributed by atoms with van der Waals surface area (Å²) in [7, 11) is 0. The molecule has 9 heteroatoms. The first-order chi connectivity index (χ1) is 14.1. The highest BCUT2D eigenvalue weighted by Gasteiger charge is 2.30. The van der Waals surface area contributed by atoms with Crippen molar-refractivity contribution in [3.8, 4) is 11.5 Å². The molecule has 0 unspecified atom stereocenters. The molecule has 0 bridgehead atoms. The molecule has 1 amide bonds. The predicted molar refractivity (Wildman–Crippen MR) is 115 cm³/mol. The number of hydrogen-bond acceptors (Lipinski definition) is 6. The highest BCUT2D eigenvalue weighted by atomic mass is 79.9. The number of carbonyl (C=O) groups is 1. The molecule has 148 valence electrons. The van der Waals surface area contributed by atoms with Crippen molar-refractivity contribution in [2.24, 2.45) is 0 Å². The van der Waals surface area contributed by atoms with Gasteiger partial charge in [-0.3, -0.25) is 4.79 Å². The van der Waals surface area contributed by atoms with Gasteiger partial charge in [-0.05, 0) is 35.4 Å². The van der Waals surface area contributed by atoms with Crippen LogP contribution in [0.15, 0.2) is 41.0 Å². The van der Waals surface area contributed by atoms with E-state index in [0.717, 1.165) is 37.7 Å². The average Bonchev–Trinajstić information content (AvgIpc) is 3.41. The number of halogens is 2. The standard InChI is InChI=1S/C20H15BrClN3O3S/c21-16-5-12(23-6-13-7-24-20(22)29-13)4-14-15(16)9-25(19(14)26)8-11-1-2-17-18(3-11)28-10-27-17/h1-5,7,23H,6,8-10H2. The molecule has 0 fully saturated rings. The van der Waals surface area contributed by atoms with Gasteiger partial charge >= 0.3 is 0 Å². The zero-order chi connectivity index (χ0) is 20.0. The fraction of sp³-hybridized carbons (Fsp3) is 0.200. The van der Waals surface area contributed by atoms with Crippen LogP contribution in [0.3, 0.4) is 0 Å². The molecule has 0 aliphatic carbocycles. The molecular formula is C20H15BrClN3O3S. The van der Waals surface area contributed by atoms with E-state index in [1.54, 1.807) is 6.20 Å². The van der Waals surface area contributed by atoms with Gasteiger partial charge in [0.25, 0.3) is 5.91 Å². The molecule has 29 heavy (non-hydrogen) atoms.